The molecule has 0 spiro atoms. The number of carbonyl (C=O) groups is 3. The highest BCUT2D eigenvalue weighted by atomic mass is 16.5. The van der Waals surface area contributed by atoms with Gasteiger partial charge in [0.1, 0.15) is 11.8 Å². The largest absolute Gasteiger partial charge is 0.497 e. The minimum atomic E-state index is -0.994. The van der Waals surface area contributed by atoms with Crippen molar-refractivity contribution >= 4 is 23.4 Å². The molecule has 1 aliphatic heterocycles. The van der Waals surface area contributed by atoms with Crippen molar-refractivity contribution in [3.63, 3.8) is 0 Å². The summed E-state index contributed by atoms with van der Waals surface area (Å²) in [7, 11) is 1.54. The normalized spacial score (nSPS) is 16.3. The van der Waals surface area contributed by atoms with Crippen molar-refractivity contribution in [1.29, 1.82) is 5.26 Å². The summed E-state index contributed by atoms with van der Waals surface area (Å²) in [6.45, 7) is 6.28. The van der Waals surface area contributed by atoms with Gasteiger partial charge in [0.2, 0.25) is 11.8 Å². The maximum absolute atomic E-state index is 13.2. The first-order chi connectivity index (χ1) is 15.6. The SMILES string of the molecule is COc1ccc(C(NC(=O)C2CNC(=O)C2)C(=O)Nc2ccc(C(C)(C)C)c(C#N)c2)cc1. The zero-order valence-electron chi connectivity index (χ0n) is 19.2. The van der Waals surface area contributed by atoms with Gasteiger partial charge >= 0.3 is 0 Å². The van der Waals surface area contributed by atoms with Crippen LogP contribution in [0, 0.1) is 17.2 Å². The number of methoxy groups -OCH3 is 1. The van der Waals surface area contributed by atoms with Gasteiger partial charge in [-0.2, -0.15) is 5.26 Å². The summed E-state index contributed by atoms with van der Waals surface area (Å²) < 4.78 is 5.18. The van der Waals surface area contributed by atoms with Crippen LogP contribution >= 0.6 is 0 Å². The zero-order chi connectivity index (χ0) is 24.2. The highest BCUT2D eigenvalue weighted by Crippen LogP contribution is 2.28. The third kappa shape index (κ3) is 5.69. The van der Waals surface area contributed by atoms with Crippen LogP contribution in [0.3, 0.4) is 0 Å². The van der Waals surface area contributed by atoms with E-state index >= 15 is 0 Å². The topological polar surface area (TPSA) is 120 Å². The number of rotatable bonds is 6. The van der Waals surface area contributed by atoms with E-state index in [1.165, 1.54) is 0 Å². The molecule has 3 rings (SSSR count). The van der Waals surface area contributed by atoms with Gasteiger partial charge in [0, 0.05) is 18.7 Å². The number of hydrogen-bond acceptors (Lipinski definition) is 5. The standard InChI is InChI=1S/C25H28N4O4/c1-25(2,3)20-10-7-18(11-16(20)13-26)28-24(32)22(15-5-8-19(33-4)9-6-15)29-23(31)17-12-21(30)27-14-17/h5-11,17,22H,12,14H2,1-4H3,(H,27,30)(H,28,32)(H,29,31). The van der Waals surface area contributed by atoms with Crippen LogP contribution in [0.25, 0.3) is 0 Å². The Hall–Kier alpha value is -3.86. The Labute approximate surface area is 193 Å². The highest BCUT2D eigenvalue weighted by molar-refractivity contribution is 5.99. The highest BCUT2D eigenvalue weighted by Gasteiger charge is 2.32. The first kappa shape index (κ1) is 23.8. The third-order valence-corrected chi connectivity index (χ3v) is 5.56. The molecule has 3 N–H and O–H groups in total. The zero-order valence-corrected chi connectivity index (χ0v) is 19.2. The first-order valence-corrected chi connectivity index (χ1v) is 10.7. The van der Waals surface area contributed by atoms with E-state index in [1.807, 2.05) is 26.8 Å². The number of carbonyl (C=O) groups excluding carboxylic acids is 3. The van der Waals surface area contributed by atoms with Gasteiger partial charge in [-0.15, -0.1) is 0 Å². The van der Waals surface area contributed by atoms with Gasteiger partial charge in [0.25, 0.3) is 5.91 Å². The van der Waals surface area contributed by atoms with E-state index in [4.69, 9.17) is 4.74 Å². The van der Waals surface area contributed by atoms with Gasteiger partial charge in [-0.3, -0.25) is 14.4 Å². The second-order valence-corrected chi connectivity index (χ2v) is 9.03. The molecule has 1 aliphatic rings. The molecular weight excluding hydrogens is 420 g/mol. The number of ether oxygens (including phenoxy) is 1. The molecule has 33 heavy (non-hydrogen) atoms. The van der Waals surface area contributed by atoms with Gasteiger partial charge in [0.05, 0.1) is 24.7 Å². The average Bonchev–Trinajstić information content (AvgIpc) is 3.23. The number of hydrogen-bond donors (Lipinski definition) is 3. The second-order valence-electron chi connectivity index (χ2n) is 9.03. The average molecular weight is 449 g/mol. The van der Waals surface area contributed by atoms with Crippen molar-refractivity contribution < 1.29 is 19.1 Å². The summed E-state index contributed by atoms with van der Waals surface area (Å²) in [5, 5.41) is 17.8. The van der Waals surface area contributed by atoms with Crippen LogP contribution in [0.2, 0.25) is 0 Å². The van der Waals surface area contributed by atoms with Crippen LogP contribution in [0.4, 0.5) is 5.69 Å². The minimum Gasteiger partial charge on any atom is -0.497 e. The van der Waals surface area contributed by atoms with E-state index in [-0.39, 0.29) is 30.2 Å². The Morgan fingerprint density at radius 3 is 2.42 bits per heavy atom. The molecule has 1 fully saturated rings. The fourth-order valence-corrected chi connectivity index (χ4v) is 3.73. The molecule has 1 saturated heterocycles. The molecule has 2 aromatic rings. The molecule has 0 aliphatic carbocycles. The molecule has 172 valence electrons. The number of nitrogens with one attached hydrogen (secondary N) is 3. The van der Waals surface area contributed by atoms with E-state index in [1.54, 1.807) is 43.5 Å². The predicted molar refractivity (Wildman–Crippen MR) is 123 cm³/mol. The van der Waals surface area contributed by atoms with Crippen molar-refractivity contribution in [3.05, 3.63) is 59.2 Å². The summed E-state index contributed by atoms with van der Waals surface area (Å²) in [4.78, 5) is 37.5. The molecule has 8 nitrogen and oxygen atoms in total. The smallest absolute Gasteiger partial charge is 0.251 e. The van der Waals surface area contributed by atoms with E-state index < -0.39 is 17.9 Å². The number of nitriles is 1. The number of nitrogens with zero attached hydrogens (tertiary/aromatic N) is 1. The number of amides is 3. The van der Waals surface area contributed by atoms with Crippen molar-refractivity contribution in [3.8, 4) is 11.8 Å². The molecule has 2 unspecified atom stereocenters. The van der Waals surface area contributed by atoms with Crippen molar-refractivity contribution in [2.75, 3.05) is 19.0 Å². The lowest BCUT2D eigenvalue weighted by molar-refractivity contribution is -0.129. The van der Waals surface area contributed by atoms with Crippen LogP contribution in [0.15, 0.2) is 42.5 Å². The van der Waals surface area contributed by atoms with Gasteiger partial charge in [-0.1, -0.05) is 39.0 Å². The lowest BCUT2D eigenvalue weighted by Gasteiger charge is -2.23. The molecule has 0 aromatic heterocycles. The summed E-state index contributed by atoms with van der Waals surface area (Å²) in [5.74, 6) is -0.958. The Balaban J connectivity index is 1.86. The molecule has 0 bridgehead atoms. The van der Waals surface area contributed by atoms with Crippen molar-refractivity contribution in [2.24, 2.45) is 5.92 Å². The van der Waals surface area contributed by atoms with E-state index in [0.717, 1.165) is 5.56 Å². The Morgan fingerprint density at radius 2 is 1.88 bits per heavy atom. The molecule has 8 heteroatoms. The van der Waals surface area contributed by atoms with Crippen LogP contribution in [0.5, 0.6) is 5.75 Å². The molecule has 0 saturated carbocycles. The lowest BCUT2D eigenvalue weighted by atomic mass is 9.84. The van der Waals surface area contributed by atoms with Crippen LogP contribution in [-0.4, -0.2) is 31.4 Å². The molecular formula is C25H28N4O4. The Kier molecular flexibility index (Phi) is 7.02. The molecule has 3 amide bonds. The Morgan fingerprint density at radius 1 is 1.18 bits per heavy atom. The predicted octanol–water partition coefficient (Wildman–Crippen LogP) is 2.80. The van der Waals surface area contributed by atoms with Crippen LogP contribution < -0.4 is 20.7 Å². The number of anilines is 1. The van der Waals surface area contributed by atoms with Gasteiger partial charge in [-0.25, -0.2) is 0 Å². The van der Waals surface area contributed by atoms with Crippen molar-refractivity contribution in [2.45, 2.75) is 38.6 Å². The van der Waals surface area contributed by atoms with Gasteiger partial charge < -0.3 is 20.7 Å². The van der Waals surface area contributed by atoms with Gasteiger partial charge in [-0.05, 0) is 40.8 Å². The molecule has 2 atom stereocenters. The summed E-state index contributed by atoms with van der Waals surface area (Å²) in [6.07, 6.45) is 0.0859. The van der Waals surface area contributed by atoms with E-state index in [9.17, 15) is 19.6 Å². The van der Waals surface area contributed by atoms with Crippen molar-refractivity contribution in [1.82, 2.24) is 10.6 Å². The summed E-state index contributed by atoms with van der Waals surface area (Å²) >= 11 is 0. The quantitative estimate of drug-likeness (QED) is 0.628. The minimum absolute atomic E-state index is 0.0859. The van der Waals surface area contributed by atoms with E-state index in [0.29, 0.717) is 22.6 Å². The molecule has 1 heterocycles. The Bertz CT molecular complexity index is 1100. The fraction of sp³-hybridized carbons (Fsp3) is 0.360. The number of benzene rings is 2. The summed E-state index contributed by atoms with van der Waals surface area (Å²) in [6, 6.07) is 13.2. The maximum atomic E-state index is 13.2. The van der Waals surface area contributed by atoms with Crippen LogP contribution in [-0.2, 0) is 19.8 Å². The molecule has 0 radical (unpaired) electrons. The van der Waals surface area contributed by atoms with Gasteiger partial charge in [0.15, 0.2) is 0 Å². The maximum Gasteiger partial charge on any atom is 0.251 e. The monoisotopic (exact) mass is 448 g/mol. The van der Waals surface area contributed by atoms with E-state index in [2.05, 4.69) is 22.0 Å². The van der Waals surface area contributed by atoms with Crippen LogP contribution in [0.1, 0.15) is 49.9 Å². The molecule has 2 aromatic carbocycles. The summed E-state index contributed by atoms with van der Waals surface area (Å²) in [5.41, 5.74) is 2.14. The first-order valence-electron chi connectivity index (χ1n) is 10.7. The fourth-order valence-electron chi connectivity index (χ4n) is 3.73. The lowest BCUT2D eigenvalue weighted by Crippen LogP contribution is -2.40. The third-order valence-electron chi connectivity index (χ3n) is 5.56. The second kappa shape index (κ2) is 9.74.